The number of benzene rings is 1. The van der Waals surface area contributed by atoms with E-state index >= 15 is 0 Å². The predicted octanol–water partition coefficient (Wildman–Crippen LogP) is 2.22. The van der Waals surface area contributed by atoms with E-state index in [4.69, 9.17) is 5.73 Å². The van der Waals surface area contributed by atoms with Crippen LogP contribution in [0.5, 0.6) is 0 Å². The van der Waals surface area contributed by atoms with Crippen LogP contribution >= 0.6 is 15.9 Å². The molecule has 0 atom stereocenters. The minimum absolute atomic E-state index is 0.641. The Balaban J connectivity index is 2.47. The molecule has 2 rings (SSSR count). The Hall–Kier alpha value is -1.29. The summed E-state index contributed by atoms with van der Waals surface area (Å²) in [5.74, 6) is 0.641. The van der Waals surface area contributed by atoms with E-state index in [-0.39, 0.29) is 0 Å². The second-order valence-electron chi connectivity index (χ2n) is 2.64. The molecule has 66 valence electrons. The number of nitrogens with zero attached hydrogens (tertiary/aromatic N) is 2. The molecule has 4 heteroatoms. The molecule has 1 heterocycles. The zero-order valence-corrected chi connectivity index (χ0v) is 8.40. The molecule has 0 aliphatic rings. The monoisotopic (exact) mass is 237 g/mol. The molecule has 2 aromatic rings. The number of hydrogen-bond donors (Lipinski definition) is 1. The highest BCUT2D eigenvalue weighted by Gasteiger charge is 1.99. The Kier molecular flexibility index (Phi) is 2.06. The molecular weight excluding hydrogens is 230 g/mol. The van der Waals surface area contributed by atoms with Crippen molar-refractivity contribution in [3.8, 4) is 5.69 Å². The minimum atomic E-state index is 0.641. The summed E-state index contributed by atoms with van der Waals surface area (Å²) in [7, 11) is 0. The van der Waals surface area contributed by atoms with E-state index in [0.717, 1.165) is 10.2 Å². The molecule has 0 saturated heterocycles. The SMILES string of the molecule is Nc1ccnn1-c1ccc(Br)cc1. The third-order valence-corrected chi connectivity index (χ3v) is 2.27. The minimum Gasteiger partial charge on any atom is -0.384 e. The first-order chi connectivity index (χ1) is 6.27. The lowest BCUT2D eigenvalue weighted by atomic mass is 10.3. The van der Waals surface area contributed by atoms with Crippen molar-refractivity contribution in [1.29, 1.82) is 0 Å². The van der Waals surface area contributed by atoms with Crippen LogP contribution in [-0.4, -0.2) is 9.78 Å². The smallest absolute Gasteiger partial charge is 0.127 e. The molecular formula is C9H8BrN3. The molecule has 0 amide bonds. The van der Waals surface area contributed by atoms with Gasteiger partial charge < -0.3 is 5.73 Å². The second-order valence-corrected chi connectivity index (χ2v) is 3.56. The van der Waals surface area contributed by atoms with Gasteiger partial charge in [0, 0.05) is 10.5 Å². The zero-order valence-electron chi connectivity index (χ0n) is 6.81. The highest BCUT2D eigenvalue weighted by molar-refractivity contribution is 9.10. The van der Waals surface area contributed by atoms with Crippen molar-refractivity contribution < 1.29 is 0 Å². The molecule has 0 aliphatic carbocycles. The van der Waals surface area contributed by atoms with Crippen molar-refractivity contribution in [2.24, 2.45) is 0 Å². The summed E-state index contributed by atoms with van der Waals surface area (Å²) in [6, 6.07) is 9.58. The van der Waals surface area contributed by atoms with Crippen molar-refractivity contribution >= 4 is 21.7 Å². The highest BCUT2D eigenvalue weighted by Crippen LogP contribution is 2.15. The fraction of sp³-hybridized carbons (Fsp3) is 0. The standard InChI is InChI=1S/C9H8BrN3/c10-7-1-3-8(4-2-7)13-9(11)5-6-12-13/h1-6H,11H2. The molecule has 0 spiro atoms. The zero-order chi connectivity index (χ0) is 9.26. The molecule has 0 bridgehead atoms. The van der Waals surface area contributed by atoms with Gasteiger partial charge in [0.1, 0.15) is 5.82 Å². The molecule has 0 saturated carbocycles. The van der Waals surface area contributed by atoms with Crippen molar-refractivity contribution in [2.45, 2.75) is 0 Å². The third-order valence-electron chi connectivity index (χ3n) is 1.74. The van der Waals surface area contributed by atoms with Crippen LogP contribution in [0.1, 0.15) is 0 Å². The molecule has 0 radical (unpaired) electrons. The Labute approximate surface area is 84.3 Å². The van der Waals surface area contributed by atoms with Gasteiger partial charge in [-0.3, -0.25) is 0 Å². The Morgan fingerprint density at radius 2 is 1.85 bits per heavy atom. The molecule has 3 nitrogen and oxygen atoms in total. The van der Waals surface area contributed by atoms with Crippen LogP contribution in [0.2, 0.25) is 0 Å². The normalized spacial score (nSPS) is 10.2. The summed E-state index contributed by atoms with van der Waals surface area (Å²) in [6.07, 6.45) is 1.68. The maximum Gasteiger partial charge on any atom is 0.127 e. The number of halogens is 1. The van der Waals surface area contributed by atoms with Gasteiger partial charge in [-0.05, 0) is 24.3 Å². The predicted molar refractivity (Wildman–Crippen MR) is 55.7 cm³/mol. The Bertz CT molecular complexity index is 405. The van der Waals surface area contributed by atoms with Crippen molar-refractivity contribution in [1.82, 2.24) is 9.78 Å². The largest absolute Gasteiger partial charge is 0.384 e. The quantitative estimate of drug-likeness (QED) is 0.827. The van der Waals surface area contributed by atoms with E-state index in [1.54, 1.807) is 16.9 Å². The average molecular weight is 238 g/mol. The topological polar surface area (TPSA) is 43.8 Å². The van der Waals surface area contributed by atoms with Crippen molar-refractivity contribution in [3.63, 3.8) is 0 Å². The van der Waals surface area contributed by atoms with Crippen molar-refractivity contribution in [3.05, 3.63) is 41.0 Å². The summed E-state index contributed by atoms with van der Waals surface area (Å²) in [5, 5.41) is 4.09. The van der Waals surface area contributed by atoms with Crippen LogP contribution in [0.3, 0.4) is 0 Å². The molecule has 1 aromatic heterocycles. The number of anilines is 1. The van der Waals surface area contributed by atoms with Crippen LogP contribution in [0.25, 0.3) is 5.69 Å². The average Bonchev–Trinajstić information content (AvgIpc) is 2.53. The van der Waals surface area contributed by atoms with Gasteiger partial charge in [-0.25, -0.2) is 4.68 Å². The van der Waals surface area contributed by atoms with Crippen LogP contribution in [0.15, 0.2) is 41.0 Å². The second kappa shape index (κ2) is 3.22. The lowest BCUT2D eigenvalue weighted by Gasteiger charge is -2.02. The Morgan fingerprint density at radius 3 is 2.38 bits per heavy atom. The van der Waals surface area contributed by atoms with Gasteiger partial charge >= 0.3 is 0 Å². The number of aromatic nitrogens is 2. The van der Waals surface area contributed by atoms with Gasteiger partial charge in [0.2, 0.25) is 0 Å². The fourth-order valence-corrected chi connectivity index (χ4v) is 1.38. The maximum absolute atomic E-state index is 5.70. The first-order valence-corrected chi connectivity index (χ1v) is 4.62. The van der Waals surface area contributed by atoms with Gasteiger partial charge in [-0.2, -0.15) is 5.10 Å². The molecule has 0 unspecified atom stereocenters. The molecule has 13 heavy (non-hydrogen) atoms. The van der Waals surface area contributed by atoms with Gasteiger partial charge in [-0.1, -0.05) is 15.9 Å². The van der Waals surface area contributed by atoms with E-state index in [0.29, 0.717) is 5.82 Å². The number of nitrogen functional groups attached to an aromatic ring is 1. The third kappa shape index (κ3) is 1.58. The van der Waals surface area contributed by atoms with Crippen molar-refractivity contribution in [2.75, 3.05) is 5.73 Å². The molecule has 0 aliphatic heterocycles. The van der Waals surface area contributed by atoms with E-state index < -0.39 is 0 Å². The van der Waals surface area contributed by atoms with Crippen LogP contribution in [0, 0.1) is 0 Å². The summed E-state index contributed by atoms with van der Waals surface area (Å²) >= 11 is 3.37. The first-order valence-electron chi connectivity index (χ1n) is 3.83. The fourth-order valence-electron chi connectivity index (χ4n) is 1.11. The summed E-state index contributed by atoms with van der Waals surface area (Å²) < 4.78 is 2.73. The van der Waals surface area contributed by atoms with Gasteiger partial charge in [0.05, 0.1) is 11.9 Å². The lowest BCUT2D eigenvalue weighted by molar-refractivity contribution is 0.891. The summed E-state index contributed by atoms with van der Waals surface area (Å²) in [4.78, 5) is 0. The van der Waals surface area contributed by atoms with E-state index in [2.05, 4.69) is 21.0 Å². The number of rotatable bonds is 1. The molecule has 2 N–H and O–H groups in total. The first kappa shape index (κ1) is 8.31. The van der Waals surface area contributed by atoms with E-state index in [9.17, 15) is 0 Å². The number of hydrogen-bond acceptors (Lipinski definition) is 2. The maximum atomic E-state index is 5.70. The van der Waals surface area contributed by atoms with Crippen LogP contribution < -0.4 is 5.73 Å². The van der Waals surface area contributed by atoms with Gasteiger partial charge in [0.15, 0.2) is 0 Å². The number of nitrogens with two attached hydrogens (primary N) is 1. The Morgan fingerprint density at radius 1 is 1.15 bits per heavy atom. The van der Waals surface area contributed by atoms with Crippen LogP contribution in [0.4, 0.5) is 5.82 Å². The lowest BCUT2D eigenvalue weighted by Crippen LogP contribution is -2.00. The van der Waals surface area contributed by atoms with Gasteiger partial charge in [0.25, 0.3) is 0 Å². The highest BCUT2D eigenvalue weighted by atomic mass is 79.9. The van der Waals surface area contributed by atoms with E-state index in [1.165, 1.54) is 0 Å². The molecule has 0 fully saturated rings. The van der Waals surface area contributed by atoms with Gasteiger partial charge in [-0.15, -0.1) is 0 Å². The van der Waals surface area contributed by atoms with Crippen LogP contribution in [-0.2, 0) is 0 Å². The van der Waals surface area contributed by atoms with E-state index in [1.807, 2.05) is 24.3 Å². The summed E-state index contributed by atoms with van der Waals surface area (Å²) in [6.45, 7) is 0. The summed E-state index contributed by atoms with van der Waals surface area (Å²) in [5.41, 5.74) is 6.66. The molecule has 1 aromatic carbocycles.